The lowest BCUT2D eigenvalue weighted by atomic mass is 9.77. The first-order valence-electron chi connectivity index (χ1n) is 11.2. The van der Waals surface area contributed by atoms with Gasteiger partial charge in [-0.15, -0.1) is 0 Å². The molecule has 1 N–H and O–H groups in total. The quantitative estimate of drug-likeness (QED) is 0.515. The maximum atomic E-state index is 13.0. The number of benzene rings is 1. The van der Waals surface area contributed by atoms with E-state index in [0.717, 1.165) is 51.8 Å². The standard InChI is InChI=1S/C24H24Br2ClN3O3/c25-16-8-15-4-3-14-9-17(27)10-18(26)20(14)21(22(15)28-11-16)13-2-1-6-30(7-5-13)23(31)19-12-33-24(32)29-19/h8-11,13,19,21H,1-7,12H2,(H,29,32)/t13?,19-,21-/m1/s1. The largest absolute Gasteiger partial charge is 0.447 e. The molecule has 2 amide bonds. The SMILES string of the molecule is O=C1N[C@@H](C(=O)N2CCCC([C@H]3c4ncc(Br)cc4CCc4cc(Cl)cc(Br)c43)CC2)CO1. The van der Waals surface area contributed by atoms with Crippen LogP contribution in [0.2, 0.25) is 5.02 Å². The fraction of sp³-hybridized carbons (Fsp3) is 0.458. The average Bonchev–Trinajstić information content (AvgIpc) is 2.98. The Hall–Kier alpha value is -1.64. The van der Waals surface area contributed by atoms with Crippen molar-refractivity contribution < 1.29 is 14.3 Å². The van der Waals surface area contributed by atoms with Gasteiger partial charge in [-0.05, 0) is 88.8 Å². The van der Waals surface area contributed by atoms with Crippen LogP contribution in [0.3, 0.4) is 0 Å². The van der Waals surface area contributed by atoms with Gasteiger partial charge in [-0.3, -0.25) is 9.78 Å². The predicted octanol–water partition coefficient (Wildman–Crippen LogP) is 5.23. The number of carbonyl (C=O) groups is 2. The van der Waals surface area contributed by atoms with Crippen molar-refractivity contribution in [3.8, 4) is 0 Å². The van der Waals surface area contributed by atoms with Gasteiger partial charge >= 0.3 is 6.09 Å². The third-order valence-corrected chi connectivity index (χ3v) is 8.25. The molecule has 5 rings (SSSR count). The number of carbonyl (C=O) groups excluding carboxylic acids is 2. The molecule has 0 saturated carbocycles. The molecule has 1 aromatic heterocycles. The smallest absolute Gasteiger partial charge is 0.407 e. The Bertz CT molecular complexity index is 1110. The number of nitrogens with zero attached hydrogens (tertiary/aromatic N) is 2. The van der Waals surface area contributed by atoms with Crippen molar-refractivity contribution >= 4 is 55.5 Å². The monoisotopic (exact) mass is 595 g/mol. The summed E-state index contributed by atoms with van der Waals surface area (Å²) in [6.45, 7) is 1.44. The van der Waals surface area contributed by atoms with Gasteiger partial charge in [0.2, 0.25) is 5.91 Å². The number of aromatic nitrogens is 1. The van der Waals surface area contributed by atoms with Gasteiger partial charge in [-0.25, -0.2) is 4.79 Å². The molecule has 3 atom stereocenters. The summed E-state index contributed by atoms with van der Waals surface area (Å²) < 4.78 is 6.93. The van der Waals surface area contributed by atoms with Gasteiger partial charge in [0.25, 0.3) is 0 Å². The summed E-state index contributed by atoms with van der Waals surface area (Å²) in [5.41, 5.74) is 4.92. The molecular weight excluding hydrogens is 574 g/mol. The second-order valence-electron chi connectivity index (χ2n) is 8.95. The van der Waals surface area contributed by atoms with E-state index in [9.17, 15) is 9.59 Å². The van der Waals surface area contributed by atoms with E-state index in [1.165, 1.54) is 16.7 Å². The Morgan fingerprint density at radius 2 is 1.97 bits per heavy atom. The molecule has 0 bridgehead atoms. The minimum absolute atomic E-state index is 0.0572. The number of hydrogen-bond acceptors (Lipinski definition) is 4. The van der Waals surface area contributed by atoms with Gasteiger partial charge in [-0.2, -0.15) is 0 Å². The molecule has 0 radical (unpaired) electrons. The first-order chi connectivity index (χ1) is 15.9. The summed E-state index contributed by atoms with van der Waals surface area (Å²) in [4.78, 5) is 31.1. The third-order valence-electron chi connectivity index (χ3n) is 6.94. The summed E-state index contributed by atoms with van der Waals surface area (Å²) in [6.07, 6.45) is 5.95. The van der Waals surface area contributed by atoms with E-state index >= 15 is 0 Å². The summed E-state index contributed by atoms with van der Waals surface area (Å²) >= 11 is 13.8. The number of ether oxygens (including phenoxy) is 1. The Morgan fingerprint density at radius 1 is 1.15 bits per heavy atom. The molecule has 1 aliphatic carbocycles. The fourth-order valence-corrected chi connectivity index (χ4v) is 6.94. The van der Waals surface area contributed by atoms with E-state index in [0.29, 0.717) is 19.0 Å². The highest BCUT2D eigenvalue weighted by Crippen LogP contribution is 2.46. The van der Waals surface area contributed by atoms with Crippen LogP contribution in [0.5, 0.6) is 0 Å². The molecule has 2 saturated heterocycles. The van der Waals surface area contributed by atoms with Crippen molar-refractivity contribution in [2.75, 3.05) is 19.7 Å². The number of fused-ring (bicyclic) bond motifs is 2. The number of nitrogens with one attached hydrogen (secondary N) is 1. The van der Waals surface area contributed by atoms with Crippen LogP contribution in [-0.2, 0) is 22.4 Å². The zero-order valence-electron chi connectivity index (χ0n) is 18.0. The number of aryl methyl sites for hydroxylation is 2. The van der Waals surface area contributed by atoms with E-state index in [1.54, 1.807) is 0 Å². The van der Waals surface area contributed by atoms with Crippen molar-refractivity contribution in [2.24, 2.45) is 5.92 Å². The summed E-state index contributed by atoms with van der Waals surface area (Å²) in [6, 6.07) is 5.67. The summed E-state index contributed by atoms with van der Waals surface area (Å²) in [7, 11) is 0. The number of halogens is 3. The van der Waals surface area contributed by atoms with E-state index < -0.39 is 12.1 Å². The lowest BCUT2D eigenvalue weighted by Crippen LogP contribution is -2.46. The first kappa shape index (κ1) is 23.1. The van der Waals surface area contributed by atoms with Crippen molar-refractivity contribution in [1.82, 2.24) is 15.2 Å². The second kappa shape index (κ2) is 9.55. The van der Waals surface area contributed by atoms with Crippen molar-refractivity contribution in [3.63, 3.8) is 0 Å². The molecule has 3 heterocycles. The maximum Gasteiger partial charge on any atom is 0.407 e. The van der Waals surface area contributed by atoms with Crippen molar-refractivity contribution in [1.29, 1.82) is 0 Å². The Morgan fingerprint density at radius 3 is 2.76 bits per heavy atom. The van der Waals surface area contributed by atoms with Gasteiger partial charge < -0.3 is 15.0 Å². The van der Waals surface area contributed by atoms with Gasteiger partial charge in [0.1, 0.15) is 12.6 Å². The third kappa shape index (κ3) is 4.66. The Kier molecular flexibility index (Phi) is 6.69. The van der Waals surface area contributed by atoms with Gasteiger partial charge in [0, 0.05) is 39.2 Å². The van der Waals surface area contributed by atoms with Crippen LogP contribution >= 0.6 is 43.5 Å². The molecule has 33 heavy (non-hydrogen) atoms. The number of alkyl carbamates (subject to hydrolysis) is 1. The number of hydrogen-bond donors (Lipinski definition) is 1. The molecule has 1 unspecified atom stereocenters. The lowest BCUT2D eigenvalue weighted by molar-refractivity contribution is -0.133. The number of likely N-dealkylation sites (tertiary alicyclic amines) is 1. The molecule has 9 heteroatoms. The normalized spacial score (nSPS) is 24.8. The number of rotatable bonds is 2. The van der Waals surface area contributed by atoms with Crippen LogP contribution in [0, 0.1) is 5.92 Å². The highest BCUT2D eigenvalue weighted by atomic mass is 79.9. The summed E-state index contributed by atoms with van der Waals surface area (Å²) in [5, 5.41) is 3.35. The Labute approximate surface area is 214 Å². The van der Waals surface area contributed by atoms with Gasteiger partial charge in [0.15, 0.2) is 0 Å². The molecule has 2 aliphatic heterocycles. The Balaban J connectivity index is 1.47. The number of amides is 2. The molecular formula is C24H24Br2ClN3O3. The maximum absolute atomic E-state index is 13.0. The molecule has 6 nitrogen and oxygen atoms in total. The lowest BCUT2D eigenvalue weighted by Gasteiger charge is -2.29. The predicted molar refractivity (Wildman–Crippen MR) is 133 cm³/mol. The molecule has 2 aromatic rings. The van der Waals surface area contributed by atoms with Crippen LogP contribution in [0.25, 0.3) is 0 Å². The zero-order valence-corrected chi connectivity index (χ0v) is 21.9. The van der Waals surface area contributed by atoms with E-state index in [-0.39, 0.29) is 18.4 Å². The van der Waals surface area contributed by atoms with Crippen LogP contribution in [0.4, 0.5) is 4.79 Å². The van der Waals surface area contributed by atoms with E-state index in [4.69, 9.17) is 21.3 Å². The minimum Gasteiger partial charge on any atom is -0.447 e. The second-order valence-corrected chi connectivity index (χ2v) is 11.2. The number of pyridine rings is 1. The van der Waals surface area contributed by atoms with Crippen LogP contribution in [0.15, 0.2) is 33.3 Å². The van der Waals surface area contributed by atoms with Crippen molar-refractivity contribution in [2.45, 2.75) is 44.1 Å². The van der Waals surface area contributed by atoms with Crippen LogP contribution < -0.4 is 5.32 Å². The molecule has 0 spiro atoms. The molecule has 2 fully saturated rings. The number of cyclic esters (lactones) is 1. The van der Waals surface area contributed by atoms with Crippen molar-refractivity contribution in [3.05, 3.63) is 60.7 Å². The highest BCUT2D eigenvalue weighted by molar-refractivity contribution is 9.10. The molecule has 3 aliphatic rings. The van der Waals surface area contributed by atoms with E-state index in [1.807, 2.05) is 17.2 Å². The zero-order chi connectivity index (χ0) is 23.1. The topological polar surface area (TPSA) is 71.5 Å². The molecule has 1 aromatic carbocycles. The van der Waals surface area contributed by atoms with Gasteiger partial charge in [-0.1, -0.05) is 27.5 Å². The van der Waals surface area contributed by atoms with Gasteiger partial charge in [0.05, 0.1) is 5.69 Å². The average molecular weight is 598 g/mol. The summed E-state index contributed by atoms with van der Waals surface area (Å²) in [5.74, 6) is 0.402. The van der Waals surface area contributed by atoms with Crippen LogP contribution in [-0.4, -0.2) is 47.6 Å². The van der Waals surface area contributed by atoms with Crippen LogP contribution in [0.1, 0.15) is 47.6 Å². The van der Waals surface area contributed by atoms with E-state index in [2.05, 4.69) is 49.3 Å². The molecule has 174 valence electrons. The first-order valence-corrected chi connectivity index (χ1v) is 13.2. The minimum atomic E-state index is -0.580. The highest BCUT2D eigenvalue weighted by Gasteiger charge is 2.37. The fourth-order valence-electron chi connectivity index (χ4n) is 5.44.